The second-order valence-corrected chi connectivity index (χ2v) is 9.51. The molecule has 0 aliphatic carbocycles. The Kier molecular flexibility index (Phi) is 5.79. The minimum absolute atomic E-state index is 0.0680. The smallest absolute Gasteiger partial charge is 0.252 e. The van der Waals surface area contributed by atoms with Crippen LogP contribution in [-0.4, -0.2) is 64.7 Å². The molecule has 140 valence electrons. The monoisotopic (exact) mass is 388 g/mol. The molecule has 3 rings (SSSR count). The summed E-state index contributed by atoms with van der Waals surface area (Å²) in [6.45, 7) is 3.72. The topological polar surface area (TPSA) is 84.9 Å². The van der Waals surface area contributed by atoms with E-state index in [4.69, 9.17) is 9.47 Å². The third-order valence-corrected chi connectivity index (χ3v) is 8.39. The number of carbonyl (C=O) groups excluding carboxylic acids is 1. The van der Waals surface area contributed by atoms with Crippen LogP contribution in [0, 0.1) is 18.8 Å². The van der Waals surface area contributed by atoms with E-state index >= 15 is 0 Å². The van der Waals surface area contributed by atoms with Crippen LogP contribution in [0.5, 0.6) is 0 Å². The number of piperidine rings is 1. The van der Waals surface area contributed by atoms with Crippen LogP contribution in [0.2, 0.25) is 0 Å². The zero-order chi connectivity index (χ0) is 18.0. The Morgan fingerprint density at radius 3 is 2.96 bits per heavy atom. The summed E-state index contributed by atoms with van der Waals surface area (Å²) in [5.41, 5.74) is 0.737. The van der Waals surface area contributed by atoms with E-state index in [1.165, 1.54) is 15.6 Å². The Balaban J connectivity index is 1.80. The van der Waals surface area contributed by atoms with Crippen molar-refractivity contribution in [3.8, 4) is 0 Å². The molecule has 0 spiro atoms. The lowest BCUT2D eigenvalue weighted by atomic mass is 9.83. The van der Waals surface area contributed by atoms with Gasteiger partial charge in [-0.25, -0.2) is 8.42 Å². The number of nitrogens with one attached hydrogen (secondary N) is 1. The van der Waals surface area contributed by atoms with Crippen LogP contribution in [0.3, 0.4) is 0 Å². The number of aryl methyl sites for hydroxylation is 1. The number of methoxy groups -OCH3 is 1. The molecule has 0 bridgehead atoms. The quantitative estimate of drug-likeness (QED) is 0.730. The van der Waals surface area contributed by atoms with Crippen molar-refractivity contribution < 1.29 is 22.7 Å². The van der Waals surface area contributed by atoms with Crippen LogP contribution >= 0.6 is 11.3 Å². The molecule has 3 atom stereocenters. The van der Waals surface area contributed by atoms with Gasteiger partial charge in [0.1, 0.15) is 4.21 Å². The van der Waals surface area contributed by atoms with E-state index in [1.54, 1.807) is 25.5 Å². The Hall–Kier alpha value is -1.00. The Morgan fingerprint density at radius 2 is 2.28 bits per heavy atom. The standard InChI is InChI=1S/C16H24N2O5S2/c1-11-4-8-24-16(11)25(20,21)18-9-13(15(19)17-5-7-22-2)12-3-6-23-14(12)10-18/h4,8,12-14H,3,5-7,9-10H2,1-2H3,(H,17,19)/t12-,13-,14+/m0/s1. The average molecular weight is 389 g/mol. The number of fused-ring (bicyclic) bond motifs is 1. The molecule has 25 heavy (non-hydrogen) atoms. The lowest BCUT2D eigenvalue weighted by Crippen LogP contribution is -2.54. The lowest BCUT2D eigenvalue weighted by molar-refractivity contribution is -0.129. The summed E-state index contributed by atoms with van der Waals surface area (Å²) < 4.78 is 38.5. The number of nitrogens with zero attached hydrogens (tertiary/aromatic N) is 1. The SMILES string of the molecule is COCCNC(=O)[C@H]1CN(S(=O)(=O)c2sccc2C)C[C@H]2OCC[C@@H]12. The number of thiophene rings is 1. The van der Waals surface area contributed by atoms with Crippen molar-refractivity contribution in [2.24, 2.45) is 11.8 Å². The molecular formula is C16H24N2O5S2. The summed E-state index contributed by atoms with van der Waals surface area (Å²) in [4.78, 5) is 12.6. The highest BCUT2D eigenvalue weighted by atomic mass is 32.2. The molecular weight excluding hydrogens is 364 g/mol. The number of rotatable bonds is 6. The normalized spacial score (nSPS) is 27.2. The third kappa shape index (κ3) is 3.75. The van der Waals surface area contributed by atoms with Gasteiger partial charge >= 0.3 is 0 Å². The first-order valence-corrected chi connectivity index (χ1v) is 10.7. The largest absolute Gasteiger partial charge is 0.383 e. The summed E-state index contributed by atoms with van der Waals surface area (Å²) in [7, 11) is -2.04. The Labute approximate surface area is 152 Å². The van der Waals surface area contributed by atoms with Gasteiger partial charge in [-0.1, -0.05) is 0 Å². The van der Waals surface area contributed by atoms with Gasteiger partial charge in [-0.15, -0.1) is 11.3 Å². The van der Waals surface area contributed by atoms with Gasteiger partial charge in [0, 0.05) is 39.3 Å². The van der Waals surface area contributed by atoms with Crippen molar-refractivity contribution in [2.45, 2.75) is 23.7 Å². The molecule has 2 aliphatic rings. The molecule has 0 unspecified atom stereocenters. The fraction of sp³-hybridized carbons (Fsp3) is 0.688. The predicted octanol–water partition coefficient (Wildman–Crippen LogP) is 0.845. The summed E-state index contributed by atoms with van der Waals surface area (Å²) in [6.07, 6.45) is 0.570. The second-order valence-electron chi connectivity index (χ2n) is 6.47. The van der Waals surface area contributed by atoms with E-state index in [2.05, 4.69) is 5.32 Å². The minimum Gasteiger partial charge on any atom is -0.383 e. The molecule has 1 aromatic heterocycles. The highest BCUT2D eigenvalue weighted by Crippen LogP contribution is 2.37. The second kappa shape index (κ2) is 7.71. The van der Waals surface area contributed by atoms with Gasteiger partial charge < -0.3 is 14.8 Å². The van der Waals surface area contributed by atoms with E-state index in [0.29, 0.717) is 30.5 Å². The van der Waals surface area contributed by atoms with Crippen LogP contribution < -0.4 is 5.32 Å². The number of carbonyl (C=O) groups is 1. The first-order chi connectivity index (χ1) is 11.9. The highest BCUT2D eigenvalue weighted by Gasteiger charge is 2.47. The predicted molar refractivity (Wildman–Crippen MR) is 94.0 cm³/mol. The van der Waals surface area contributed by atoms with Gasteiger partial charge in [-0.2, -0.15) is 4.31 Å². The molecule has 2 saturated heterocycles. The van der Waals surface area contributed by atoms with Gasteiger partial charge in [0.05, 0.1) is 18.6 Å². The number of ether oxygens (including phenoxy) is 2. The average Bonchev–Trinajstić information content (AvgIpc) is 3.22. The van der Waals surface area contributed by atoms with Crippen molar-refractivity contribution in [1.82, 2.24) is 9.62 Å². The van der Waals surface area contributed by atoms with Crippen LogP contribution in [0.1, 0.15) is 12.0 Å². The van der Waals surface area contributed by atoms with Crippen molar-refractivity contribution in [1.29, 1.82) is 0 Å². The van der Waals surface area contributed by atoms with Gasteiger partial charge in [0.25, 0.3) is 10.0 Å². The molecule has 1 N–H and O–H groups in total. The van der Waals surface area contributed by atoms with Gasteiger partial charge in [0.2, 0.25) is 5.91 Å². The molecule has 0 radical (unpaired) electrons. The van der Waals surface area contributed by atoms with E-state index in [9.17, 15) is 13.2 Å². The number of sulfonamides is 1. The maximum atomic E-state index is 13.0. The Morgan fingerprint density at radius 1 is 1.48 bits per heavy atom. The molecule has 0 aromatic carbocycles. The van der Waals surface area contributed by atoms with Gasteiger partial charge in [-0.3, -0.25) is 4.79 Å². The molecule has 3 heterocycles. The summed E-state index contributed by atoms with van der Waals surface area (Å²) >= 11 is 1.21. The van der Waals surface area contributed by atoms with Crippen LogP contribution in [-0.2, 0) is 24.3 Å². The van der Waals surface area contributed by atoms with Crippen molar-refractivity contribution in [3.63, 3.8) is 0 Å². The van der Waals surface area contributed by atoms with Crippen LogP contribution in [0.15, 0.2) is 15.7 Å². The van der Waals surface area contributed by atoms with Crippen molar-refractivity contribution in [3.05, 3.63) is 17.0 Å². The van der Waals surface area contributed by atoms with Crippen LogP contribution in [0.25, 0.3) is 0 Å². The summed E-state index contributed by atoms with van der Waals surface area (Å²) in [5, 5.41) is 4.62. The van der Waals surface area contributed by atoms with Crippen LogP contribution in [0.4, 0.5) is 0 Å². The van der Waals surface area contributed by atoms with E-state index in [0.717, 1.165) is 12.0 Å². The zero-order valence-corrected chi connectivity index (χ0v) is 16.1. The first-order valence-electron chi connectivity index (χ1n) is 8.37. The first kappa shape index (κ1) is 18.8. The molecule has 2 aliphatic heterocycles. The number of hydrogen-bond donors (Lipinski definition) is 1. The molecule has 1 amide bonds. The lowest BCUT2D eigenvalue weighted by Gasteiger charge is -2.38. The fourth-order valence-corrected chi connectivity index (χ4v) is 6.59. The minimum atomic E-state index is -3.61. The molecule has 0 saturated carbocycles. The van der Waals surface area contributed by atoms with E-state index in [-0.39, 0.29) is 24.5 Å². The molecule has 2 fully saturated rings. The number of hydrogen-bond acceptors (Lipinski definition) is 6. The van der Waals surface area contributed by atoms with E-state index < -0.39 is 15.9 Å². The zero-order valence-electron chi connectivity index (χ0n) is 14.4. The highest BCUT2D eigenvalue weighted by molar-refractivity contribution is 7.91. The fourth-order valence-electron chi connectivity index (χ4n) is 3.56. The van der Waals surface area contributed by atoms with Gasteiger partial charge in [0.15, 0.2) is 0 Å². The Bertz CT molecular complexity index is 718. The number of amides is 1. The third-order valence-electron chi connectivity index (χ3n) is 4.89. The molecule has 1 aromatic rings. The maximum Gasteiger partial charge on any atom is 0.252 e. The van der Waals surface area contributed by atoms with Gasteiger partial charge in [-0.05, 0) is 30.4 Å². The van der Waals surface area contributed by atoms with E-state index in [1.807, 2.05) is 0 Å². The maximum absolute atomic E-state index is 13.0. The molecule has 9 heteroatoms. The van der Waals surface area contributed by atoms with Crippen molar-refractivity contribution in [2.75, 3.05) is 40.0 Å². The summed E-state index contributed by atoms with van der Waals surface area (Å²) in [6, 6.07) is 1.80. The molecule has 7 nitrogen and oxygen atoms in total. The summed E-state index contributed by atoms with van der Waals surface area (Å²) in [5.74, 6) is -0.452. The van der Waals surface area contributed by atoms with Crippen molar-refractivity contribution >= 4 is 27.3 Å².